The highest BCUT2D eigenvalue weighted by molar-refractivity contribution is 6.00. The number of nitrogens with zero attached hydrogens (tertiary/aromatic N) is 1. The van der Waals surface area contributed by atoms with Gasteiger partial charge in [0, 0.05) is 18.7 Å². The Kier molecular flexibility index (Phi) is 6.58. The van der Waals surface area contributed by atoms with Gasteiger partial charge in [0.25, 0.3) is 0 Å². The van der Waals surface area contributed by atoms with E-state index in [0.717, 1.165) is 33.2 Å². The molecule has 0 saturated carbocycles. The molecule has 174 valence electrons. The number of nitrogens with one attached hydrogen (secondary N) is 1. The SMILES string of the molecule is CN(C(=O)C(CC(=O)O)NC(=O)OCC1c2ccccc2-c2ccccc21)c1cccc(F)c1. The van der Waals surface area contributed by atoms with Crippen LogP contribution in [-0.2, 0) is 14.3 Å². The first-order valence-corrected chi connectivity index (χ1v) is 10.7. The van der Waals surface area contributed by atoms with Crippen LogP contribution >= 0.6 is 0 Å². The molecule has 2 amide bonds. The number of hydrogen-bond donors (Lipinski definition) is 2. The topological polar surface area (TPSA) is 95.9 Å². The average molecular weight is 462 g/mol. The van der Waals surface area contributed by atoms with Gasteiger partial charge in [-0.25, -0.2) is 9.18 Å². The predicted molar refractivity (Wildman–Crippen MR) is 124 cm³/mol. The van der Waals surface area contributed by atoms with Crippen LogP contribution < -0.4 is 10.2 Å². The van der Waals surface area contributed by atoms with Crippen molar-refractivity contribution in [2.24, 2.45) is 0 Å². The Balaban J connectivity index is 1.46. The Hall–Kier alpha value is -4.20. The Labute approximate surface area is 195 Å². The van der Waals surface area contributed by atoms with E-state index in [-0.39, 0.29) is 18.2 Å². The molecule has 8 heteroatoms. The van der Waals surface area contributed by atoms with E-state index in [4.69, 9.17) is 4.74 Å². The third-order valence-electron chi connectivity index (χ3n) is 5.84. The smallest absolute Gasteiger partial charge is 0.407 e. The van der Waals surface area contributed by atoms with Crippen molar-refractivity contribution in [1.29, 1.82) is 0 Å². The molecule has 0 spiro atoms. The molecule has 0 bridgehead atoms. The summed E-state index contributed by atoms with van der Waals surface area (Å²) in [6.07, 6.45) is -1.56. The van der Waals surface area contributed by atoms with Crippen LogP contribution in [-0.4, -0.2) is 42.8 Å². The van der Waals surface area contributed by atoms with Crippen molar-refractivity contribution in [3.05, 3.63) is 89.7 Å². The summed E-state index contributed by atoms with van der Waals surface area (Å²) in [5, 5.41) is 11.6. The number of carboxylic acid groups (broad SMARTS) is 1. The summed E-state index contributed by atoms with van der Waals surface area (Å²) < 4.78 is 19.0. The molecular formula is C26H23FN2O5. The summed E-state index contributed by atoms with van der Waals surface area (Å²) in [7, 11) is 1.38. The maximum Gasteiger partial charge on any atom is 0.407 e. The normalized spacial score (nSPS) is 12.9. The average Bonchev–Trinajstić information content (AvgIpc) is 3.15. The van der Waals surface area contributed by atoms with Gasteiger partial charge in [-0.15, -0.1) is 0 Å². The maximum atomic E-state index is 13.5. The number of likely N-dealkylation sites (N-methyl/N-ethyl adjacent to an activating group) is 1. The fraction of sp³-hybridized carbons (Fsp3) is 0.192. The summed E-state index contributed by atoms with van der Waals surface area (Å²) in [6, 6.07) is 19.6. The number of benzene rings is 3. The largest absolute Gasteiger partial charge is 0.481 e. The molecule has 2 N–H and O–H groups in total. The molecule has 0 fully saturated rings. The summed E-state index contributed by atoms with van der Waals surface area (Å²) in [5.74, 6) is -2.70. The molecule has 7 nitrogen and oxygen atoms in total. The summed E-state index contributed by atoms with van der Waals surface area (Å²) in [6.45, 7) is 0.0214. The molecule has 0 aliphatic heterocycles. The van der Waals surface area contributed by atoms with Gasteiger partial charge in [-0.3, -0.25) is 9.59 Å². The number of carbonyl (C=O) groups is 3. The number of ether oxygens (including phenoxy) is 1. The second-order valence-electron chi connectivity index (χ2n) is 8.00. The Morgan fingerprint density at radius 3 is 2.21 bits per heavy atom. The lowest BCUT2D eigenvalue weighted by atomic mass is 9.98. The summed E-state index contributed by atoms with van der Waals surface area (Å²) in [4.78, 5) is 37.9. The predicted octanol–water partition coefficient (Wildman–Crippen LogP) is 4.17. The lowest BCUT2D eigenvalue weighted by Gasteiger charge is -2.24. The molecule has 1 unspecified atom stereocenters. The molecule has 0 saturated heterocycles. The highest BCUT2D eigenvalue weighted by Gasteiger charge is 2.31. The molecule has 0 aromatic heterocycles. The van der Waals surface area contributed by atoms with E-state index in [1.54, 1.807) is 0 Å². The van der Waals surface area contributed by atoms with Crippen molar-refractivity contribution in [3.63, 3.8) is 0 Å². The summed E-state index contributed by atoms with van der Waals surface area (Å²) in [5.41, 5.74) is 4.43. The quantitative estimate of drug-likeness (QED) is 0.550. The van der Waals surface area contributed by atoms with Gasteiger partial charge >= 0.3 is 12.1 Å². The van der Waals surface area contributed by atoms with E-state index in [1.807, 2.05) is 48.5 Å². The molecule has 1 aliphatic rings. The van der Waals surface area contributed by atoms with Crippen LogP contribution in [0.15, 0.2) is 72.8 Å². The molecular weight excluding hydrogens is 439 g/mol. The first kappa shape index (κ1) is 23.0. The lowest BCUT2D eigenvalue weighted by Crippen LogP contribution is -2.49. The Morgan fingerprint density at radius 2 is 1.62 bits per heavy atom. The lowest BCUT2D eigenvalue weighted by molar-refractivity contribution is -0.139. The minimum Gasteiger partial charge on any atom is -0.481 e. The van der Waals surface area contributed by atoms with E-state index in [0.29, 0.717) is 0 Å². The number of halogens is 1. The van der Waals surface area contributed by atoms with Crippen LogP contribution in [0.2, 0.25) is 0 Å². The Bertz CT molecular complexity index is 1200. The number of aliphatic carboxylic acids is 1. The van der Waals surface area contributed by atoms with E-state index < -0.39 is 36.2 Å². The van der Waals surface area contributed by atoms with Crippen LogP contribution in [0.25, 0.3) is 11.1 Å². The first-order chi connectivity index (χ1) is 16.3. The van der Waals surface area contributed by atoms with Gasteiger partial charge in [-0.05, 0) is 40.5 Å². The van der Waals surface area contributed by atoms with Crippen molar-refractivity contribution in [2.45, 2.75) is 18.4 Å². The third kappa shape index (κ3) is 4.76. The fourth-order valence-electron chi connectivity index (χ4n) is 4.20. The fourth-order valence-corrected chi connectivity index (χ4v) is 4.20. The number of amides is 2. The zero-order valence-corrected chi connectivity index (χ0v) is 18.4. The van der Waals surface area contributed by atoms with E-state index >= 15 is 0 Å². The molecule has 34 heavy (non-hydrogen) atoms. The van der Waals surface area contributed by atoms with E-state index in [1.165, 1.54) is 25.2 Å². The first-order valence-electron chi connectivity index (χ1n) is 10.7. The molecule has 1 atom stereocenters. The molecule has 1 aliphatic carbocycles. The highest BCUT2D eigenvalue weighted by Crippen LogP contribution is 2.44. The van der Waals surface area contributed by atoms with Gasteiger partial charge in [0.15, 0.2) is 0 Å². The number of anilines is 1. The van der Waals surface area contributed by atoms with Gasteiger partial charge in [0.05, 0.1) is 6.42 Å². The summed E-state index contributed by atoms with van der Waals surface area (Å²) >= 11 is 0. The van der Waals surface area contributed by atoms with Gasteiger partial charge in [0.2, 0.25) is 5.91 Å². The van der Waals surface area contributed by atoms with Gasteiger partial charge < -0.3 is 20.1 Å². The molecule has 0 radical (unpaired) electrons. The van der Waals surface area contributed by atoms with Crippen LogP contribution in [0, 0.1) is 5.82 Å². The second kappa shape index (κ2) is 9.74. The van der Waals surface area contributed by atoms with Crippen molar-refractivity contribution in [3.8, 4) is 11.1 Å². The number of carbonyl (C=O) groups excluding carboxylic acids is 2. The van der Waals surface area contributed by atoms with Gasteiger partial charge in [0.1, 0.15) is 18.5 Å². The zero-order chi connectivity index (χ0) is 24.2. The minimum atomic E-state index is -1.39. The van der Waals surface area contributed by atoms with Crippen molar-refractivity contribution in [2.75, 3.05) is 18.6 Å². The van der Waals surface area contributed by atoms with E-state index in [9.17, 15) is 23.9 Å². The van der Waals surface area contributed by atoms with Crippen LogP contribution in [0.1, 0.15) is 23.5 Å². The van der Waals surface area contributed by atoms with Gasteiger partial charge in [-0.1, -0.05) is 54.6 Å². The van der Waals surface area contributed by atoms with Crippen molar-refractivity contribution in [1.82, 2.24) is 5.32 Å². The Morgan fingerprint density at radius 1 is 1.00 bits per heavy atom. The van der Waals surface area contributed by atoms with Gasteiger partial charge in [-0.2, -0.15) is 0 Å². The van der Waals surface area contributed by atoms with Crippen molar-refractivity contribution < 1.29 is 28.6 Å². The minimum absolute atomic E-state index is 0.0214. The molecule has 0 heterocycles. The highest BCUT2D eigenvalue weighted by atomic mass is 19.1. The van der Waals surface area contributed by atoms with Crippen molar-refractivity contribution >= 4 is 23.7 Å². The molecule has 4 rings (SSSR count). The molecule has 3 aromatic carbocycles. The number of alkyl carbamates (subject to hydrolysis) is 1. The number of hydrogen-bond acceptors (Lipinski definition) is 4. The van der Waals surface area contributed by atoms with Crippen LogP contribution in [0.5, 0.6) is 0 Å². The third-order valence-corrected chi connectivity index (χ3v) is 5.84. The standard InChI is InChI=1S/C26H23FN2O5/c1-29(17-8-6-7-16(27)13-17)25(32)23(14-24(30)31)28-26(33)34-15-22-20-11-4-2-9-18(20)19-10-3-5-12-21(19)22/h2-13,22-23H,14-15H2,1H3,(H,28,33)(H,30,31). The number of rotatable bonds is 7. The second-order valence-corrected chi connectivity index (χ2v) is 8.00. The number of fused-ring (bicyclic) bond motifs is 3. The molecule has 3 aromatic rings. The maximum absolute atomic E-state index is 13.5. The monoisotopic (exact) mass is 462 g/mol. The van der Waals surface area contributed by atoms with Crippen LogP contribution in [0.3, 0.4) is 0 Å². The zero-order valence-electron chi connectivity index (χ0n) is 18.4. The van der Waals surface area contributed by atoms with E-state index in [2.05, 4.69) is 5.32 Å². The number of carboxylic acids is 1. The van der Waals surface area contributed by atoms with Crippen LogP contribution in [0.4, 0.5) is 14.9 Å².